The van der Waals surface area contributed by atoms with Crippen LogP contribution in [0.5, 0.6) is 0 Å². The zero-order chi connectivity index (χ0) is 22.2. The third kappa shape index (κ3) is 5.44. The Bertz CT molecular complexity index is 773. The van der Waals surface area contributed by atoms with Crippen molar-refractivity contribution in [3.63, 3.8) is 0 Å². The molecule has 4 rings (SSSR count). The average Bonchev–Trinajstić information content (AvgIpc) is 2.89. The van der Waals surface area contributed by atoms with E-state index in [4.69, 9.17) is 4.43 Å². The number of nitro groups is 1. The lowest BCUT2D eigenvalue weighted by Crippen LogP contribution is -2.48. The molecule has 1 aromatic rings. The number of benzene rings is 1. The van der Waals surface area contributed by atoms with Crippen molar-refractivity contribution in [3.05, 3.63) is 32.8 Å². The van der Waals surface area contributed by atoms with Gasteiger partial charge in [0.25, 0.3) is 5.69 Å². The molecular weight excluding hydrogens is 462 g/mol. The van der Waals surface area contributed by atoms with Crippen LogP contribution in [0.2, 0.25) is 18.1 Å². The number of nitrogens with one attached hydrogen (secondary N) is 1. The van der Waals surface area contributed by atoms with Crippen molar-refractivity contribution >= 4 is 35.6 Å². The van der Waals surface area contributed by atoms with Gasteiger partial charge in [-0.1, -0.05) is 36.7 Å². The SMILES string of the molecule is CC(C)(C)[Si](C)(C)OCCN1CC2CCC(Nc3cc(Br)ccc3[N+](=O)[O-])(CC2)C1. The quantitative estimate of drug-likeness (QED) is 0.282. The molecule has 3 fully saturated rings. The minimum absolute atomic E-state index is 0.116. The van der Waals surface area contributed by atoms with Crippen molar-refractivity contribution in [2.45, 2.75) is 70.1 Å². The van der Waals surface area contributed by atoms with E-state index in [1.807, 2.05) is 6.07 Å². The van der Waals surface area contributed by atoms with Crippen LogP contribution in [0, 0.1) is 16.0 Å². The highest BCUT2D eigenvalue weighted by Gasteiger charge is 2.42. The molecule has 1 N–H and O–H groups in total. The van der Waals surface area contributed by atoms with Crippen molar-refractivity contribution in [1.82, 2.24) is 4.90 Å². The van der Waals surface area contributed by atoms with Gasteiger partial charge in [0.05, 0.1) is 10.5 Å². The number of halogens is 1. The highest BCUT2D eigenvalue weighted by Crippen LogP contribution is 2.41. The molecule has 2 bridgehead atoms. The lowest BCUT2D eigenvalue weighted by Gasteiger charge is -2.39. The molecule has 0 unspecified atom stereocenters. The van der Waals surface area contributed by atoms with Crippen molar-refractivity contribution in [2.24, 2.45) is 5.92 Å². The minimum atomic E-state index is -1.75. The number of hydrogen-bond donors (Lipinski definition) is 1. The third-order valence-electron chi connectivity index (χ3n) is 7.34. The first kappa shape index (κ1) is 23.7. The van der Waals surface area contributed by atoms with Gasteiger partial charge in [0.2, 0.25) is 0 Å². The average molecular weight is 499 g/mol. The summed E-state index contributed by atoms with van der Waals surface area (Å²) in [5, 5.41) is 15.4. The van der Waals surface area contributed by atoms with Crippen LogP contribution in [0.25, 0.3) is 0 Å². The summed E-state index contributed by atoms with van der Waals surface area (Å²) in [7, 11) is -1.75. The largest absolute Gasteiger partial charge is 0.416 e. The van der Waals surface area contributed by atoms with Crippen LogP contribution in [0.3, 0.4) is 0 Å². The van der Waals surface area contributed by atoms with Crippen LogP contribution in [0.1, 0.15) is 46.5 Å². The van der Waals surface area contributed by atoms with Crippen LogP contribution in [-0.2, 0) is 4.43 Å². The Morgan fingerprint density at radius 1 is 1.33 bits per heavy atom. The molecule has 3 aliphatic rings. The summed E-state index contributed by atoms with van der Waals surface area (Å²) >= 11 is 3.47. The van der Waals surface area contributed by atoms with Gasteiger partial charge in [-0.05, 0) is 61.9 Å². The topological polar surface area (TPSA) is 67.6 Å². The zero-order valence-electron chi connectivity index (χ0n) is 19.0. The molecule has 0 radical (unpaired) electrons. The Kier molecular flexibility index (Phi) is 7.01. The number of fused-ring (bicyclic) bond motifs is 4. The van der Waals surface area contributed by atoms with Crippen LogP contribution in [-0.4, -0.2) is 49.9 Å². The van der Waals surface area contributed by atoms with E-state index in [9.17, 15) is 10.1 Å². The van der Waals surface area contributed by atoms with Crippen LogP contribution < -0.4 is 5.32 Å². The summed E-state index contributed by atoms with van der Waals surface area (Å²) in [4.78, 5) is 13.8. The summed E-state index contributed by atoms with van der Waals surface area (Å²) in [6, 6.07) is 5.15. The Hall–Kier alpha value is -0.963. The van der Waals surface area contributed by atoms with Gasteiger partial charge in [-0.15, -0.1) is 0 Å². The molecule has 2 heterocycles. The Balaban J connectivity index is 1.71. The highest BCUT2D eigenvalue weighted by molar-refractivity contribution is 9.10. The molecule has 168 valence electrons. The number of hydrogen-bond acceptors (Lipinski definition) is 5. The standard InChI is InChI=1S/C22H36BrN3O3Si/c1-21(2,3)30(4,5)29-13-12-25-15-17-8-10-22(16-25,11-9-17)24-19-14-18(23)6-7-20(19)26(27)28/h6-7,14,17,24H,8-13,15-16H2,1-5H3. The number of anilines is 1. The lowest BCUT2D eigenvalue weighted by molar-refractivity contribution is -0.384. The van der Waals surface area contributed by atoms with Crippen LogP contribution in [0.15, 0.2) is 22.7 Å². The second kappa shape index (κ2) is 8.88. The van der Waals surface area contributed by atoms with Gasteiger partial charge in [-0.3, -0.25) is 15.0 Å². The predicted octanol–water partition coefficient (Wildman–Crippen LogP) is 6.04. The van der Waals surface area contributed by atoms with Gasteiger partial charge in [0.15, 0.2) is 8.32 Å². The Morgan fingerprint density at radius 2 is 2.00 bits per heavy atom. The molecule has 2 saturated heterocycles. The van der Waals surface area contributed by atoms with Gasteiger partial charge < -0.3 is 9.74 Å². The maximum absolute atomic E-state index is 11.6. The minimum Gasteiger partial charge on any atom is -0.416 e. The second-order valence-corrected chi connectivity index (χ2v) is 16.3. The molecule has 6 nitrogen and oxygen atoms in total. The monoisotopic (exact) mass is 497 g/mol. The molecule has 1 aliphatic carbocycles. The molecular formula is C22H36BrN3O3Si. The lowest BCUT2D eigenvalue weighted by atomic mass is 9.78. The van der Waals surface area contributed by atoms with Crippen molar-refractivity contribution in [1.29, 1.82) is 0 Å². The summed E-state index contributed by atoms with van der Waals surface area (Å²) in [6.45, 7) is 15.1. The molecule has 0 spiro atoms. The summed E-state index contributed by atoms with van der Waals surface area (Å²) < 4.78 is 7.28. The smallest absolute Gasteiger partial charge is 0.292 e. The first-order valence-corrected chi connectivity index (χ1v) is 14.7. The molecule has 2 aliphatic heterocycles. The molecule has 0 aromatic heterocycles. The Morgan fingerprint density at radius 3 is 2.60 bits per heavy atom. The van der Waals surface area contributed by atoms with Gasteiger partial charge in [-0.25, -0.2) is 0 Å². The summed E-state index contributed by atoms with van der Waals surface area (Å²) in [5.74, 6) is 0.716. The van der Waals surface area contributed by atoms with E-state index in [0.717, 1.165) is 43.6 Å². The van der Waals surface area contributed by atoms with E-state index in [-0.39, 0.29) is 21.2 Å². The van der Waals surface area contributed by atoms with E-state index in [1.54, 1.807) is 12.1 Å². The fraction of sp³-hybridized carbons (Fsp3) is 0.727. The van der Waals surface area contributed by atoms with E-state index in [2.05, 4.69) is 60.0 Å². The molecule has 0 atom stereocenters. The predicted molar refractivity (Wildman–Crippen MR) is 129 cm³/mol. The summed E-state index contributed by atoms with van der Waals surface area (Å²) in [5.41, 5.74) is 0.647. The third-order valence-corrected chi connectivity index (χ3v) is 12.4. The maximum atomic E-state index is 11.6. The van der Waals surface area contributed by atoms with E-state index in [1.165, 1.54) is 12.8 Å². The van der Waals surface area contributed by atoms with Crippen LogP contribution >= 0.6 is 15.9 Å². The first-order chi connectivity index (χ1) is 13.9. The van der Waals surface area contributed by atoms with Crippen molar-refractivity contribution < 1.29 is 9.35 Å². The molecule has 1 saturated carbocycles. The highest BCUT2D eigenvalue weighted by atomic mass is 79.9. The van der Waals surface area contributed by atoms with Gasteiger partial charge in [0.1, 0.15) is 5.69 Å². The fourth-order valence-electron chi connectivity index (χ4n) is 4.46. The van der Waals surface area contributed by atoms with Crippen molar-refractivity contribution in [2.75, 3.05) is 31.6 Å². The zero-order valence-corrected chi connectivity index (χ0v) is 21.5. The number of rotatable bonds is 7. The van der Waals surface area contributed by atoms with Gasteiger partial charge in [-0.2, -0.15) is 0 Å². The van der Waals surface area contributed by atoms with E-state index >= 15 is 0 Å². The molecule has 8 heteroatoms. The maximum Gasteiger partial charge on any atom is 0.292 e. The fourth-order valence-corrected chi connectivity index (χ4v) is 5.86. The number of nitrogens with zero attached hydrogens (tertiary/aromatic N) is 2. The van der Waals surface area contributed by atoms with Crippen LogP contribution in [0.4, 0.5) is 11.4 Å². The molecule has 1 aromatic carbocycles. The Labute approximate surface area is 190 Å². The van der Waals surface area contributed by atoms with Gasteiger partial charge >= 0.3 is 0 Å². The van der Waals surface area contributed by atoms with E-state index in [0.29, 0.717) is 11.6 Å². The van der Waals surface area contributed by atoms with E-state index < -0.39 is 8.32 Å². The molecule has 0 amide bonds. The van der Waals surface area contributed by atoms with Gasteiger partial charge in [0, 0.05) is 36.8 Å². The number of nitro benzene ring substituents is 1. The second-order valence-electron chi connectivity index (χ2n) is 10.6. The van der Waals surface area contributed by atoms with Crippen molar-refractivity contribution in [3.8, 4) is 0 Å². The normalized spacial score (nSPS) is 25.2. The molecule has 30 heavy (non-hydrogen) atoms. The first-order valence-electron chi connectivity index (χ1n) is 11.0. The summed E-state index contributed by atoms with van der Waals surface area (Å²) in [6.07, 6.45) is 4.46.